The van der Waals surface area contributed by atoms with E-state index in [1.54, 1.807) is 12.1 Å². The number of piperazine rings is 1. The molecule has 13 heteroatoms. The number of nitrogens with two attached hydrogens (primary N) is 1. The van der Waals surface area contributed by atoms with Gasteiger partial charge in [-0.3, -0.25) is 0 Å². The number of morpholine rings is 1. The van der Waals surface area contributed by atoms with E-state index in [0.717, 1.165) is 11.4 Å². The van der Waals surface area contributed by atoms with E-state index in [2.05, 4.69) is 33.6 Å². The Hall–Kier alpha value is -3.77. The van der Waals surface area contributed by atoms with Gasteiger partial charge in [-0.1, -0.05) is 11.6 Å². The molecule has 0 amide bonds. The highest BCUT2D eigenvalue weighted by Gasteiger charge is 2.30. The van der Waals surface area contributed by atoms with Crippen LogP contribution in [-0.4, -0.2) is 84.5 Å². The van der Waals surface area contributed by atoms with Crippen molar-refractivity contribution in [1.82, 2.24) is 19.9 Å². The molecule has 5 rings (SSSR count). The molecule has 4 heterocycles. The standard InChI is InChI=1S/C26H30ClFN8O3/c1-15-13-34(24-22(27)32-21(23(29)33-24)25(37)38-3)8-9-35(15)20-12-19(17-4-6-18(28)7-5-17)30-26(31-20)36-10-11-39-14-16(36)2/h4-7,12,15-16H,8-11,13-14H2,1-3H3,(H2,29,33). The molecule has 2 saturated heterocycles. The predicted octanol–water partition coefficient (Wildman–Crippen LogP) is 3.04. The molecule has 11 nitrogen and oxygen atoms in total. The maximum Gasteiger partial charge on any atom is 0.360 e. The molecule has 2 unspecified atom stereocenters. The number of hydrogen-bond acceptors (Lipinski definition) is 11. The number of halogens is 2. The molecule has 1 aromatic carbocycles. The third-order valence-electron chi connectivity index (χ3n) is 6.93. The van der Waals surface area contributed by atoms with Gasteiger partial charge in [0, 0.05) is 43.9 Å². The van der Waals surface area contributed by atoms with Gasteiger partial charge in [-0.25, -0.2) is 24.1 Å². The van der Waals surface area contributed by atoms with Crippen LogP contribution in [0.3, 0.4) is 0 Å². The number of rotatable bonds is 5. The summed E-state index contributed by atoms with van der Waals surface area (Å²) < 4.78 is 24.0. The average molecular weight is 557 g/mol. The van der Waals surface area contributed by atoms with Crippen molar-refractivity contribution in [1.29, 1.82) is 0 Å². The number of nitrogens with zero attached hydrogens (tertiary/aromatic N) is 7. The van der Waals surface area contributed by atoms with E-state index in [1.165, 1.54) is 19.2 Å². The first-order chi connectivity index (χ1) is 18.7. The van der Waals surface area contributed by atoms with Crippen molar-refractivity contribution in [3.05, 3.63) is 47.0 Å². The van der Waals surface area contributed by atoms with E-state index >= 15 is 0 Å². The van der Waals surface area contributed by atoms with E-state index < -0.39 is 5.97 Å². The molecule has 39 heavy (non-hydrogen) atoms. The van der Waals surface area contributed by atoms with Crippen LogP contribution < -0.4 is 20.4 Å². The fourth-order valence-electron chi connectivity index (χ4n) is 4.85. The van der Waals surface area contributed by atoms with Crippen LogP contribution in [0.15, 0.2) is 30.3 Å². The summed E-state index contributed by atoms with van der Waals surface area (Å²) in [7, 11) is 1.24. The maximum absolute atomic E-state index is 13.6. The number of carbonyl (C=O) groups excluding carboxylic acids is 1. The van der Waals surface area contributed by atoms with Crippen LogP contribution in [0.2, 0.25) is 5.15 Å². The average Bonchev–Trinajstić information content (AvgIpc) is 2.94. The number of benzene rings is 1. The molecule has 2 atom stereocenters. The molecule has 2 fully saturated rings. The van der Waals surface area contributed by atoms with Crippen molar-refractivity contribution in [2.45, 2.75) is 25.9 Å². The molecule has 0 aliphatic carbocycles. The van der Waals surface area contributed by atoms with Gasteiger partial charge in [0.05, 0.1) is 32.1 Å². The molecule has 3 aromatic rings. The number of aromatic nitrogens is 4. The largest absolute Gasteiger partial charge is 0.464 e. The number of methoxy groups -OCH3 is 1. The molecule has 0 saturated carbocycles. The zero-order valence-electron chi connectivity index (χ0n) is 22.0. The Balaban J connectivity index is 1.44. The second-order valence-corrected chi connectivity index (χ2v) is 9.95. The Morgan fingerprint density at radius 2 is 1.85 bits per heavy atom. The van der Waals surface area contributed by atoms with Crippen molar-refractivity contribution in [2.75, 3.05) is 66.9 Å². The van der Waals surface area contributed by atoms with Crippen LogP contribution >= 0.6 is 11.6 Å². The van der Waals surface area contributed by atoms with Crippen molar-refractivity contribution < 1.29 is 18.7 Å². The van der Waals surface area contributed by atoms with Crippen LogP contribution in [0, 0.1) is 5.82 Å². The van der Waals surface area contributed by atoms with Gasteiger partial charge in [-0.05, 0) is 38.1 Å². The van der Waals surface area contributed by atoms with E-state index in [-0.39, 0.29) is 34.6 Å². The monoisotopic (exact) mass is 556 g/mol. The van der Waals surface area contributed by atoms with Crippen molar-refractivity contribution in [3.8, 4) is 11.3 Å². The summed E-state index contributed by atoms with van der Waals surface area (Å²) in [5, 5.41) is 0.0782. The van der Waals surface area contributed by atoms with Crippen LogP contribution in [0.4, 0.5) is 27.8 Å². The topological polar surface area (TPSA) is 123 Å². The van der Waals surface area contributed by atoms with Gasteiger partial charge in [0.15, 0.2) is 22.5 Å². The quantitative estimate of drug-likeness (QED) is 0.466. The number of nitrogen functional groups attached to an aromatic ring is 1. The van der Waals surface area contributed by atoms with Crippen LogP contribution in [0.25, 0.3) is 11.3 Å². The molecule has 206 valence electrons. The molecule has 0 radical (unpaired) electrons. The highest BCUT2D eigenvalue weighted by atomic mass is 35.5. The fraction of sp³-hybridized carbons (Fsp3) is 0.423. The number of hydrogen-bond donors (Lipinski definition) is 1. The predicted molar refractivity (Wildman–Crippen MR) is 147 cm³/mol. The zero-order chi connectivity index (χ0) is 27.7. The third-order valence-corrected chi connectivity index (χ3v) is 7.18. The van der Waals surface area contributed by atoms with E-state index in [1.807, 2.05) is 11.0 Å². The van der Waals surface area contributed by atoms with Gasteiger partial charge < -0.3 is 29.9 Å². The summed E-state index contributed by atoms with van der Waals surface area (Å²) in [6.45, 7) is 7.76. The lowest BCUT2D eigenvalue weighted by Gasteiger charge is -2.41. The Labute approximate surface area is 230 Å². The molecular formula is C26H30ClFN8O3. The summed E-state index contributed by atoms with van der Waals surface area (Å²) in [6, 6.07) is 8.35. The van der Waals surface area contributed by atoms with E-state index in [4.69, 9.17) is 36.8 Å². The van der Waals surface area contributed by atoms with Crippen molar-refractivity contribution in [3.63, 3.8) is 0 Å². The molecule has 0 bridgehead atoms. The van der Waals surface area contributed by atoms with Crippen LogP contribution in [0.5, 0.6) is 0 Å². The number of carbonyl (C=O) groups is 1. The Morgan fingerprint density at radius 3 is 2.54 bits per heavy atom. The van der Waals surface area contributed by atoms with E-state index in [9.17, 15) is 9.18 Å². The SMILES string of the molecule is COC(=O)c1nc(Cl)c(N2CCN(c3cc(-c4ccc(F)cc4)nc(N4CCOCC4C)n3)C(C)C2)nc1N. The summed E-state index contributed by atoms with van der Waals surface area (Å²) >= 11 is 6.40. The summed E-state index contributed by atoms with van der Waals surface area (Å²) in [6.07, 6.45) is 0. The lowest BCUT2D eigenvalue weighted by molar-refractivity contribution is 0.0595. The minimum Gasteiger partial charge on any atom is -0.464 e. The van der Waals surface area contributed by atoms with Crippen molar-refractivity contribution in [2.24, 2.45) is 0 Å². The zero-order valence-corrected chi connectivity index (χ0v) is 22.7. The lowest BCUT2D eigenvalue weighted by atomic mass is 10.1. The van der Waals surface area contributed by atoms with Crippen LogP contribution in [0.1, 0.15) is 24.3 Å². The first-order valence-electron chi connectivity index (χ1n) is 12.7. The van der Waals surface area contributed by atoms with Crippen molar-refractivity contribution >= 4 is 41.0 Å². The Morgan fingerprint density at radius 1 is 1.08 bits per heavy atom. The van der Waals surface area contributed by atoms with Crippen LogP contribution in [-0.2, 0) is 9.47 Å². The third kappa shape index (κ3) is 5.52. The molecule has 2 aliphatic heterocycles. The summed E-state index contributed by atoms with van der Waals surface area (Å²) in [5.74, 6) is 0.742. The van der Waals surface area contributed by atoms with Gasteiger partial charge in [-0.2, -0.15) is 4.98 Å². The second kappa shape index (κ2) is 11.1. The maximum atomic E-state index is 13.6. The molecule has 2 N–H and O–H groups in total. The number of esters is 1. The fourth-order valence-corrected chi connectivity index (χ4v) is 5.09. The number of anilines is 4. The van der Waals surface area contributed by atoms with Gasteiger partial charge >= 0.3 is 5.97 Å². The summed E-state index contributed by atoms with van der Waals surface area (Å²) in [5.41, 5.74) is 7.38. The molecule has 2 aromatic heterocycles. The minimum absolute atomic E-state index is 0.00375. The Kier molecular flexibility index (Phi) is 7.67. The highest BCUT2D eigenvalue weighted by Crippen LogP contribution is 2.31. The smallest absolute Gasteiger partial charge is 0.360 e. The highest BCUT2D eigenvalue weighted by molar-refractivity contribution is 6.32. The molecule has 2 aliphatic rings. The lowest BCUT2D eigenvalue weighted by Crippen LogP contribution is -2.53. The normalized spacial score (nSPS) is 19.8. The van der Waals surface area contributed by atoms with E-state index in [0.29, 0.717) is 56.9 Å². The number of ether oxygens (including phenoxy) is 2. The van der Waals surface area contributed by atoms with Gasteiger partial charge in [0.1, 0.15) is 11.6 Å². The second-order valence-electron chi connectivity index (χ2n) is 9.59. The first-order valence-corrected chi connectivity index (χ1v) is 13.0. The first kappa shape index (κ1) is 26.8. The summed E-state index contributed by atoms with van der Waals surface area (Å²) in [4.78, 5) is 36.5. The Bertz CT molecular complexity index is 1360. The molecule has 0 spiro atoms. The van der Waals surface area contributed by atoms with Gasteiger partial charge in [-0.15, -0.1) is 0 Å². The molecular weight excluding hydrogens is 527 g/mol. The van der Waals surface area contributed by atoms with Gasteiger partial charge in [0.25, 0.3) is 0 Å². The van der Waals surface area contributed by atoms with Gasteiger partial charge in [0.2, 0.25) is 5.95 Å². The minimum atomic E-state index is -0.697.